The van der Waals surface area contributed by atoms with Crippen LogP contribution < -0.4 is 5.32 Å². The van der Waals surface area contributed by atoms with Gasteiger partial charge in [0.25, 0.3) is 0 Å². The van der Waals surface area contributed by atoms with E-state index in [0.717, 1.165) is 25.2 Å². The van der Waals surface area contributed by atoms with E-state index in [2.05, 4.69) is 32.7 Å². The van der Waals surface area contributed by atoms with Gasteiger partial charge in [-0.2, -0.15) is 0 Å². The Balaban J connectivity index is 1.87. The fourth-order valence-electron chi connectivity index (χ4n) is 2.41. The van der Waals surface area contributed by atoms with Crippen molar-refractivity contribution in [2.75, 3.05) is 13.1 Å². The van der Waals surface area contributed by atoms with Gasteiger partial charge in [-0.1, -0.05) is 12.1 Å². The molecule has 1 aliphatic heterocycles. The van der Waals surface area contributed by atoms with Crippen LogP contribution >= 0.6 is 0 Å². The summed E-state index contributed by atoms with van der Waals surface area (Å²) in [7, 11) is 0. The second-order valence-electron chi connectivity index (χ2n) is 4.45. The van der Waals surface area contributed by atoms with Crippen LogP contribution in [0.1, 0.15) is 24.0 Å². The van der Waals surface area contributed by atoms with E-state index < -0.39 is 0 Å². The highest BCUT2D eigenvalue weighted by molar-refractivity contribution is 5.81. The van der Waals surface area contributed by atoms with Crippen LogP contribution in [0, 0.1) is 0 Å². The molecule has 0 saturated carbocycles. The molecule has 4 nitrogen and oxygen atoms in total. The van der Waals surface area contributed by atoms with Crippen molar-refractivity contribution in [3.8, 4) is 0 Å². The first-order valence-electron chi connectivity index (χ1n) is 6.24. The summed E-state index contributed by atoms with van der Waals surface area (Å²) in [6, 6.07) is 6.32. The summed E-state index contributed by atoms with van der Waals surface area (Å²) in [5.41, 5.74) is 3.83. The highest BCUT2D eigenvalue weighted by atomic mass is 15.3. The molecule has 0 radical (unpaired) electrons. The molecule has 3 rings (SSSR count). The van der Waals surface area contributed by atoms with Gasteiger partial charge in [0.2, 0.25) is 5.96 Å². The quantitative estimate of drug-likeness (QED) is 0.738. The number of aryl methyl sites for hydroxylation is 1. The first-order valence-corrected chi connectivity index (χ1v) is 6.24. The monoisotopic (exact) mass is 228 g/mol. The smallest absolute Gasteiger partial charge is 0.238 e. The van der Waals surface area contributed by atoms with Crippen LogP contribution in [0.4, 0.5) is 5.69 Å². The van der Waals surface area contributed by atoms with Gasteiger partial charge in [-0.3, -0.25) is 0 Å². The second-order valence-corrected chi connectivity index (χ2v) is 4.45. The number of benzene rings is 1. The summed E-state index contributed by atoms with van der Waals surface area (Å²) in [6.45, 7) is 1.68. The van der Waals surface area contributed by atoms with Crippen molar-refractivity contribution in [2.24, 2.45) is 15.2 Å². The minimum atomic E-state index is 0.665. The number of aliphatic imine (C=N–C) groups is 1. The maximum absolute atomic E-state index is 4.33. The van der Waals surface area contributed by atoms with Crippen LogP contribution in [0.2, 0.25) is 0 Å². The summed E-state index contributed by atoms with van der Waals surface area (Å²) >= 11 is 0. The highest BCUT2D eigenvalue weighted by Crippen LogP contribution is 2.29. The molecule has 1 aromatic rings. The lowest BCUT2D eigenvalue weighted by atomic mass is 9.91. The molecule has 0 aromatic heterocycles. The van der Waals surface area contributed by atoms with Gasteiger partial charge >= 0.3 is 0 Å². The molecule has 1 N–H and O–H groups in total. The van der Waals surface area contributed by atoms with E-state index in [0.29, 0.717) is 5.96 Å². The van der Waals surface area contributed by atoms with Crippen LogP contribution in [0.15, 0.2) is 33.4 Å². The summed E-state index contributed by atoms with van der Waals surface area (Å²) in [4.78, 5) is 4.21. The van der Waals surface area contributed by atoms with E-state index >= 15 is 0 Å². The molecule has 0 amide bonds. The number of rotatable bonds is 1. The predicted octanol–water partition coefficient (Wildman–Crippen LogP) is 2.61. The van der Waals surface area contributed by atoms with E-state index in [1.807, 2.05) is 6.07 Å². The fraction of sp³-hybridized carbons (Fsp3) is 0.462. The number of fused-ring (bicyclic) bond motifs is 1. The van der Waals surface area contributed by atoms with E-state index in [9.17, 15) is 0 Å². The molecule has 1 aromatic carbocycles. The van der Waals surface area contributed by atoms with Crippen molar-refractivity contribution in [1.82, 2.24) is 5.32 Å². The topological polar surface area (TPSA) is 49.1 Å². The summed E-state index contributed by atoms with van der Waals surface area (Å²) in [5, 5.41) is 11.6. The molecular weight excluding hydrogens is 212 g/mol. The Bertz CT molecular complexity index is 476. The highest BCUT2D eigenvalue weighted by Gasteiger charge is 2.12. The van der Waals surface area contributed by atoms with Gasteiger partial charge in [0.05, 0.1) is 12.2 Å². The largest absolute Gasteiger partial charge is 0.351 e. The molecule has 0 saturated heterocycles. The number of guanidine groups is 1. The Morgan fingerprint density at radius 2 is 2.06 bits per heavy atom. The van der Waals surface area contributed by atoms with Crippen LogP contribution in [-0.2, 0) is 12.8 Å². The Kier molecular flexibility index (Phi) is 2.86. The fourth-order valence-corrected chi connectivity index (χ4v) is 2.41. The third-order valence-corrected chi connectivity index (χ3v) is 3.28. The minimum Gasteiger partial charge on any atom is -0.351 e. The third kappa shape index (κ3) is 2.20. The Morgan fingerprint density at radius 1 is 1.12 bits per heavy atom. The zero-order valence-corrected chi connectivity index (χ0v) is 9.82. The number of azo groups is 1. The third-order valence-electron chi connectivity index (χ3n) is 3.28. The average molecular weight is 228 g/mol. The normalized spacial score (nSPS) is 18.9. The Labute approximate surface area is 101 Å². The van der Waals surface area contributed by atoms with E-state index in [1.165, 1.54) is 30.4 Å². The van der Waals surface area contributed by atoms with Crippen LogP contribution in [0.5, 0.6) is 0 Å². The summed E-state index contributed by atoms with van der Waals surface area (Å²) in [6.07, 6.45) is 4.86. The Hall–Kier alpha value is -1.71. The molecule has 88 valence electrons. The van der Waals surface area contributed by atoms with Crippen LogP contribution in [0.25, 0.3) is 0 Å². The zero-order valence-electron chi connectivity index (χ0n) is 9.82. The Morgan fingerprint density at radius 3 is 2.94 bits per heavy atom. The molecule has 2 aliphatic rings. The molecule has 0 fully saturated rings. The predicted molar refractivity (Wildman–Crippen MR) is 67.9 cm³/mol. The van der Waals surface area contributed by atoms with Crippen molar-refractivity contribution < 1.29 is 0 Å². The molecule has 4 heteroatoms. The molecule has 17 heavy (non-hydrogen) atoms. The average Bonchev–Trinajstić information content (AvgIpc) is 2.89. The van der Waals surface area contributed by atoms with Gasteiger partial charge < -0.3 is 5.32 Å². The maximum atomic E-state index is 4.33. The molecule has 0 spiro atoms. The second kappa shape index (κ2) is 4.65. The van der Waals surface area contributed by atoms with Gasteiger partial charge in [0, 0.05) is 6.54 Å². The molecule has 1 heterocycles. The molecule has 0 atom stereocenters. The lowest BCUT2D eigenvalue weighted by Gasteiger charge is -2.16. The number of hydrogen-bond acceptors (Lipinski definition) is 4. The van der Waals surface area contributed by atoms with Crippen LogP contribution in [0.3, 0.4) is 0 Å². The van der Waals surface area contributed by atoms with E-state index in [-0.39, 0.29) is 0 Å². The number of nitrogens with zero attached hydrogens (tertiary/aromatic N) is 3. The number of nitrogens with one attached hydrogen (secondary N) is 1. The van der Waals surface area contributed by atoms with E-state index in [1.54, 1.807) is 0 Å². The first kappa shape index (κ1) is 10.4. The molecule has 0 bridgehead atoms. The van der Waals surface area contributed by atoms with Gasteiger partial charge in [0.1, 0.15) is 0 Å². The maximum Gasteiger partial charge on any atom is 0.238 e. The standard InChI is InChI=1S/C13H16N4/c1-2-6-11-10(4-1)5-3-7-12(11)16-17-13-14-8-9-15-13/h3,5,7H,1-2,4,6,8-9H2,(H,14,15). The lowest BCUT2D eigenvalue weighted by molar-refractivity contribution is 0.685. The van der Waals surface area contributed by atoms with Crippen molar-refractivity contribution in [1.29, 1.82) is 0 Å². The van der Waals surface area contributed by atoms with Gasteiger partial charge in [-0.25, -0.2) is 4.99 Å². The summed E-state index contributed by atoms with van der Waals surface area (Å²) < 4.78 is 0. The van der Waals surface area contributed by atoms with Gasteiger partial charge in [-0.15, -0.1) is 10.2 Å². The van der Waals surface area contributed by atoms with Gasteiger partial charge in [0.15, 0.2) is 0 Å². The SMILES string of the molecule is c1cc2c(c(N=NC3=NCCN3)c1)CCCC2. The molecule has 1 aliphatic carbocycles. The first-order chi connectivity index (χ1) is 8.43. The van der Waals surface area contributed by atoms with Crippen molar-refractivity contribution >= 4 is 11.6 Å². The lowest BCUT2D eigenvalue weighted by Crippen LogP contribution is -2.15. The molecular formula is C13H16N4. The van der Waals surface area contributed by atoms with Crippen LogP contribution in [-0.4, -0.2) is 19.0 Å². The van der Waals surface area contributed by atoms with Crippen molar-refractivity contribution in [3.63, 3.8) is 0 Å². The number of hydrogen-bond donors (Lipinski definition) is 1. The summed E-state index contributed by atoms with van der Waals surface area (Å²) in [5.74, 6) is 0.665. The van der Waals surface area contributed by atoms with Gasteiger partial charge in [-0.05, 0) is 42.9 Å². The van der Waals surface area contributed by atoms with E-state index in [4.69, 9.17) is 0 Å². The molecule has 0 unspecified atom stereocenters. The minimum absolute atomic E-state index is 0.665. The zero-order chi connectivity index (χ0) is 11.5. The van der Waals surface area contributed by atoms with Crippen molar-refractivity contribution in [2.45, 2.75) is 25.7 Å². The van der Waals surface area contributed by atoms with Crippen molar-refractivity contribution in [3.05, 3.63) is 29.3 Å².